The van der Waals surface area contributed by atoms with Crippen molar-refractivity contribution in [3.8, 4) is 17.2 Å². The number of fused-ring (bicyclic) bond motifs is 1. The fourth-order valence-corrected chi connectivity index (χ4v) is 9.20. The predicted octanol–water partition coefficient (Wildman–Crippen LogP) is 4.49. The number of rotatable bonds is 10. The van der Waals surface area contributed by atoms with Gasteiger partial charge in [-0.3, -0.25) is 19.4 Å². The van der Waals surface area contributed by atoms with Crippen molar-refractivity contribution in [2.45, 2.75) is 48.7 Å². The lowest BCUT2D eigenvalue weighted by Gasteiger charge is -2.42. The van der Waals surface area contributed by atoms with Crippen molar-refractivity contribution in [3.63, 3.8) is 0 Å². The number of carbonyl (C=O) groups excluding carboxylic acids is 2. The Labute approximate surface area is 286 Å². The Morgan fingerprint density at radius 3 is 2.29 bits per heavy atom. The van der Waals surface area contributed by atoms with Gasteiger partial charge in [0.05, 0.1) is 33.1 Å². The van der Waals surface area contributed by atoms with E-state index < -0.39 is 27.5 Å². The number of carbonyl (C=O) groups is 2. The van der Waals surface area contributed by atoms with Crippen molar-refractivity contribution >= 4 is 39.1 Å². The SMILES string of the molecule is COc1ccc(S(=O)(=O)N2C(=O)C(c3cc(CN4CCCC4)ccc3OC)(N3CCC[C@H]3C(=O)N(C)C)c3cc(Cl)ccc32)c(OC)c1. The second kappa shape index (κ2) is 13.2. The number of ether oxygens (including phenoxy) is 3. The van der Waals surface area contributed by atoms with E-state index in [-0.39, 0.29) is 22.2 Å². The minimum Gasteiger partial charge on any atom is -0.497 e. The van der Waals surface area contributed by atoms with Crippen LogP contribution in [-0.4, -0.2) is 96.0 Å². The number of likely N-dealkylation sites (N-methyl/N-ethyl adjacent to an activating group) is 1. The molecular weight excluding hydrogens is 656 g/mol. The van der Waals surface area contributed by atoms with Gasteiger partial charge in [-0.05, 0) is 86.8 Å². The number of nitrogens with zero attached hydrogens (tertiary/aromatic N) is 4. The van der Waals surface area contributed by atoms with Gasteiger partial charge in [-0.15, -0.1) is 0 Å². The maximum atomic E-state index is 15.6. The first kappa shape index (κ1) is 34.0. The summed E-state index contributed by atoms with van der Waals surface area (Å²) < 4.78 is 47.2. The Kier molecular flexibility index (Phi) is 9.38. The van der Waals surface area contributed by atoms with Crippen molar-refractivity contribution in [3.05, 3.63) is 76.3 Å². The number of likely N-dealkylation sites (tertiary alicyclic amines) is 2. The third-order valence-electron chi connectivity index (χ3n) is 9.62. The summed E-state index contributed by atoms with van der Waals surface area (Å²) >= 11 is 6.68. The number of amides is 2. The number of hydrogen-bond donors (Lipinski definition) is 0. The molecule has 3 aliphatic heterocycles. The Morgan fingerprint density at radius 2 is 1.62 bits per heavy atom. The van der Waals surface area contributed by atoms with Crippen LogP contribution in [0.1, 0.15) is 42.4 Å². The van der Waals surface area contributed by atoms with E-state index in [9.17, 15) is 13.2 Å². The maximum absolute atomic E-state index is 15.6. The van der Waals surface area contributed by atoms with Crippen molar-refractivity contribution in [1.29, 1.82) is 0 Å². The summed E-state index contributed by atoms with van der Waals surface area (Å²) in [7, 11) is 3.10. The highest BCUT2D eigenvalue weighted by atomic mass is 35.5. The summed E-state index contributed by atoms with van der Waals surface area (Å²) in [6.45, 7) is 2.92. The number of sulfonamides is 1. The number of halogens is 1. The Bertz CT molecular complexity index is 1850. The van der Waals surface area contributed by atoms with Crippen LogP contribution in [0.15, 0.2) is 59.5 Å². The molecule has 2 atom stereocenters. The molecule has 3 aliphatic rings. The zero-order chi connectivity index (χ0) is 34.4. The lowest BCUT2D eigenvalue weighted by molar-refractivity contribution is -0.138. The van der Waals surface area contributed by atoms with E-state index in [0.29, 0.717) is 53.6 Å². The predicted molar refractivity (Wildman–Crippen MR) is 182 cm³/mol. The molecule has 2 amide bonds. The average Bonchev–Trinajstić information content (AvgIpc) is 3.83. The van der Waals surface area contributed by atoms with Crippen LogP contribution < -0.4 is 18.5 Å². The van der Waals surface area contributed by atoms with Gasteiger partial charge in [0.25, 0.3) is 15.9 Å². The van der Waals surface area contributed by atoms with Gasteiger partial charge in [-0.1, -0.05) is 17.7 Å². The summed E-state index contributed by atoms with van der Waals surface area (Å²) in [6, 6.07) is 14.1. The molecule has 2 fully saturated rings. The molecule has 2 saturated heterocycles. The quantitative estimate of drug-likeness (QED) is 0.303. The number of benzene rings is 3. The molecule has 11 nitrogen and oxygen atoms in total. The zero-order valence-electron chi connectivity index (χ0n) is 27.9. The summed E-state index contributed by atoms with van der Waals surface area (Å²) in [4.78, 5) is 34.9. The average molecular weight is 697 g/mol. The summed E-state index contributed by atoms with van der Waals surface area (Å²) in [5.41, 5.74) is 0.0966. The van der Waals surface area contributed by atoms with Crippen molar-refractivity contribution in [1.82, 2.24) is 14.7 Å². The van der Waals surface area contributed by atoms with Crippen LogP contribution in [0.3, 0.4) is 0 Å². The summed E-state index contributed by atoms with van der Waals surface area (Å²) in [5, 5.41) is 0.314. The molecule has 0 radical (unpaired) electrons. The highest BCUT2D eigenvalue weighted by molar-refractivity contribution is 7.93. The zero-order valence-corrected chi connectivity index (χ0v) is 29.4. The fourth-order valence-electron chi connectivity index (χ4n) is 7.42. The Morgan fingerprint density at radius 1 is 0.896 bits per heavy atom. The monoisotopic (exact) mass is 696 g/mol. The number of anilines is 1. The standard InChI is InChI=1S/C35H41ClN4O7S/c1-37(2)33(41)29-9-8-18-39(29)35(27-19-23(10-14-30(27)46-4)22-38-16-6-7-17-38)26-20-24(36)11-13-28(26)40(34(35)42)48(43,44)32-15-12-25(45-3)21-31(32)47-5/h10-15,19-21,29H,6-9,16-18,22H2,1-5H3/t29-,35?/m0/s1. The molecule has 3 aromatic rings. The van der Waals surface area contributed by atoms with Crippen LogP contribution in [0.25, 0.3) is 0 Å². The molecule has 0 saturated carbocycles. The third kappa shape index (κ3) is 5.48. The minimum absolute atomic E-state index is 0.0159. The van der Waals surface area contributed by atoms with E-state index >= 15 is 4.79 Å². The molecule has 3 heterocycles. The van der Waals surface area contributed by atoms with Crippen LogP contribution >= 0.6 is 11.6 Å². The largest absolute Gasteiger partial charge is 0.497 e. The van der Waals surface area contributed by atoms with Crippen LogP contribution in [0, 0.1) is 0 Å². The van der Waals surface area contributed by atoms with Crippen molar-refractivity contribution < 1.29 is 32.2 Å². The van der Waals surface area contributed by atoms with Gasteiger partial charge in [0.15, 0.2) is 5.54 Å². The number of hydrogen-bond acceptors (Lipinski definition) is 9. The first-order valence-corrected chi connectivity index (χ1v) is 17.8. The van der Waals surface area contributed by atoms with Gasteiger partial charge >= 0.3 is 0 Å². The molecule has 0 bridgehead atoms. The van der Waals surface area contributed by atoms with Crippen LogP contribution in [0.4, 0.5) is 5.69 Å². The normalized spacial score (nSPS) is 21.4. The van der Waals surface area contributed by atoms with Crippen LogP contribution in [0.5, 0.6) is 17.2 Å². The first-order valence-electron chi connectivity index (χ1n) is 16.0. The smallest absolute Gasteiger partial charge is 0.274 e. The van der Waals surface area contributed by atoms with E-state index in [4.69, 9.17) is 25.8 Å². The molecule has 13 heteroatoms. The molecule has 6 rings (SSSR count). The highest BCUT2D eigenvalue weighted by Crippen LogP contribution is 2.55. The topological polar surface area (TPSA) is 109 Å². The molecule has 48 heavy (non-hydrogen) atoms. The minimum atomic E-state index is -4.60. The summed E-state index contributed by atoms with van der Waals surface area (Å²) in [6.07, 6.45) is 3.32. The van der Waals surface area contributed by atoms with Gasteiger partial charge in [-0.25, -0.2) is 12.7 Å². The van der Waals surface area contributed by atoms with Gasteiger partial charge < -0.3 is 19.1 Å². The lowest BCUT2D eigenvalue weighted by Crippen LogP contribution is -2.59. The van der Waals surface area contributed by atoms with E-state index in [1.54, 1.807) is 32.3 Å². The molecule has 1 unspecified atom stereocenters. The lowest BCUT2D eigenvalue weighted by atomic mass is 9.80. The van der Waals surface area contributed by atoms with E-state index in [1.807, 2.05) is 23.1 Å². The molecule has 0 aliphatic carbocycles. The van der Waals surface area contributed by atoms with Gasteiger partial charge in [0.2, 0.25) is 5.91 Å². The van der Waals surface area contributed by atoms with E-state index in [2.05, 4.69) is 4.90 Å². The third-order valence-corrected chi connectivity index (χ3v) is 11.6. The van der Waals surface area contributed by atoms with Crippen LogP contribution in [0.2, 0.25) is 5.02 Å². The number of methoxy groups -OCH3 is 3. The molecular formula is C35H41ClN4O7S. The van der Waals surface area contributed by atoms with E-state index in [1.165, 1.54) is 44.4 Å². The fraction of sp³-hybridized carbons (Fsp3) is 0.429. The van der Waals surface area contributed by atoms with Crippen LogP contribution in [-0.2, 0) is 31.7 Å². The molecule has 0 spiro atoms. The van der Waals surface area contributed by atoms with E-state index in [0.717, 1.165) is 35.8 Å². The maximum Gasteiger partial charge on any atom is 0.274 e. The molecule has 3 aromatic carbocycles. The van der Waals surface area contributed by atoms with Crippen molar-refractivity contribution in [2.24, 2.45) is 0 Å². The highest BCUT2D eigenvalue weighted by Gasteiger charge is 2.63. The second-order valence-corrected chi connectivity index (χ2v) is 14.8. The molecule has 0 aromatic heterocycles. The molecule has 256 valence electrons. The summed E-state index contributed by atoms with van der Waals surface area (Å²) in [5.74, 6) is -0.145. The Balaban J connectivity index is 1.65. The van der Waals surface area contributed by atoms with Gasteiger partial charge in [-0.2, -0.15) is 0 Å². The van der Waals surface area contributed by atoms with Crippen molar-refractivity contribution in [2.75, 3.05) is 59.4 Å². The second-order valence-electron chi connectivity index (χ2n) is 12.6. The first-order chi connectivity index (χ1) is 23.0. The Hall–Kier alpha value is -3.84. The van der Waals surface area contributed by atoms with Gasteiger partial charge in [0.1, 0.15) is 22.1 Å². The molecule has 0 N–H and O–H groups in total. The van der Waals surface area contributed by atoms with Gasteiger partial charge in [0, 0.05) is 49.4 Å².